The van der Waals surface area contributed by atoms with Gasteiger partial charge in [0.25, 0.3) is 0 Å². The van der Waals surface area contributed by atoms with Crippen LogP contribution in [0.5, 0.6) is 0 Å². The SMILES string of the molecule is CC(=O)NCc1ccc(-c2cncc(C(=O)O)c2N)o1. The van der Waals surface area contributed by atoms with E-state index in [-0.39, 0.29) is 23.7 Å². The summed E-state index contributed by atoms with van der Waals surface area (Å²) in [5, 5.41) is 11.6. The second-order valence-corrected chi connectivity index (χ2v) is 4.13. The predicted molar refractivity (Wildman–Crippen MR) is 70.8 cm³/mol. The molecule has 0 radical (unpaired) electrons. The third-order valence-electron chi connectivity index (χ3n) is 2.66. The molecule has 0 aliphatic carbocycles. The summed E-state index contributed by atoms with van der Waals surface area (Å²) < 4.78 is 5.51. The first-order chi connectivity index (χ1) is 9.49. The summed E-state index contributed by atoms with van der Waals surface area (Å²) >= 11 is 0. The molecule has 0 aromatic carbocycles. The van der Waals surface area contributed by atoms with Gasteiger partial charge in [-0.2, -0.15) is 0 Å². The Bertz CT molecular complexity index is 663. The van der Waals surface area contributed by atoms with Crippen LogP contribution in [0.2, 0.25) is 0 Å². The number of carboxylic acids is 1. The molecule has 0 atom stereocenters. The Balaban J connectivity index is 2.30. The van der Waals surface area contributed by atoms with E-state index in [1.807, 2.05) is 0 Å². The van der Waals surface area contributed by atoms with Crippen molar-refractivity contribution in [2.24, 2.45) is 0 Å². The number of carbonyl (C=O) groups excluding carboxylic acids is 1. The van der Waals surface area contributed by atoms with Gasteiger partial charge in [-0.3, -0.25) is 9.78 Å². The summed E-state index contributed by atoms with van der Waals surface area (Å²) in [5.41, 5.74) is 6.21. The van der Waals surface area contributed by atoms with Gasteiger partial charge in [0.05, 0.1) is 17.8 Å². The summed E-state index contributed by atoms with van der Waals surface area (Å²) in [4.78, 5) is 25.6. The number of anilines is 1. The van der Waals surface area contributed by atoms with Crippen molar-refractivity contribution in [3.63, 3.8) is 0 Å². The maximum Gasteiger partial charge on any atom is 0.339 e. The molecule has 1 amide bonds. The summed E-state index contributed by atoms with van der Waals surface area (Å²) in [6.45, 7) is 1.66. The molecule has 0 unspecified atom stereocenters. The van der Waals surface area contributed by atoms with Crippen LogP contribution in [0.15, 0.2) is 28.9 Å². The Kier molecular flexibility index (Phi) is 3.69. The molecular formula is C13H13N3O4. The van der Waals surface area contributed by atoms with E-state index < -0.39 is 5.97 Å². The number of hydrogen-bond donors (Lipinski definition) is 3. The van der Waals surface area contributed by atoms with E-state index in [9.17, 15) is 9.59 Å². The highest BCUT2D eigenvalue weighted by Crippen LogP contribution is 2.29. The van der Waals surface area contributed by atoms with Crippen molar-refractivity contribution in [2.75, 3.05) is 5.73 Å². The number of carbonyl (C=O) groups is 2. The minimum absolute atomic E-state index is 0.0812. The minimum Gasteiger partial charge on any atom is -0.478 e. The molecule has 2 aromatic heterocycles. The second-order valence-electron chi connectivity index (χ2n) is 4.13. The third kappa shape index (κ3) is 2.77. The first kappa shape index (κ1) is 13.6. The van der Waals surface area contributed by atoms with Crippen LogP contribution < -0.4 is 11.1 Å². The first-order valence-electron chi connectivity index (χ1n) is 5.79. The number of nitrogens with zero attached hydrogens (tertiary/aromatic N) is 1. The van der Waals surface area contributed by atoms with Gasteiger partial charge < -0.3 is 20.6 Å². The number of rotatable bonds is 4. The fraction of sp³-hybridized carbons (Fsp3) is 0.154. The van der Waals surface area contributed by atoms with E-state index in [1.54, 1.807) is 12.1 Å². The van der Waals surface area contributed by atoms with Gasteiger partial charge in [-0.05, 0) is 12.1 Å². The minimum atomic E-state index is -1.15. The smallest absolute Gasteiger partial charge is 0.339 e. The van der Waals surface area contributed by atoms with E-state index in [1.165, 1.54) is 19.3 Å². The maximum absolute atomic E-state index is 11.0. The Labute approximate surface area is 114 Å². The zero-order valence-corrected chi connectivity index (χ0v) is 10.7. The van der Waals surface area contributed by atoms with Crippen LogP contribution in [-0.2, 0) is 11.3 Å². The van der Waals surface area contributed by atoms with E-state index in [0.717, 1.165) is 0 Å². The molecule has 20 heavy (non-hydrogen) atoms. The number of furan rings is 1. The van der Waals surface area contributed by atoms with Crippen molar-refractivity contribution in [2.45, 2.75) is 13.5 Å². The first-order valence-corrected chi connectivity index (χ1v) is 5.79. The van der Waals surface area contributed by atoms with Crippen LogP contribution in [-0.4, -0.2) is 22.0 Å². The highest BCUT2D eigenvalue weighted by molar-refractivity contribution is 5.97. The van der Waals surface area contributed by atoms with Gasteiger partial charge in [-0.1, -0.05) is 0 Å². The molecule has 0 saturated heterocycles. The Hall–Kier alpha value is -2.83. The Morgan fingerprint density at radius 3 is 2.80 bits per heavy atom. The third-order valence-corrected chi connectivity index (χ3v) is 2.66. The Morgan fingerprint density at radius 2 is 2.15 bits per heavy atom. The number of nitrogens with one attached hydrogen (secondary N) is 1. The highest BCUT2D eigenvalue weighted by Gasteiger charge is 2.15. The van der Waals surface area contributed by atoms with Crippen molar-refractivity contribution < 1.29 is 19.1 Å². The van der Waals surface area contributed by atoms with Gasteiger partial charge in [0.2, 0.25) is 5.91 Å². The quantitative estimate of drug-likeness (QED) is 0.772. The van der Waals surface area contributed by atoms with Gasteiger partial charge in [-0.15, -0.1) is 0 Å². The number of amides is 1. The molecule has 2 aromatic rings. The van der Waals surface area contributed by atoms with Crippen LogP contribution in [0.3, 0.4) is 0 Å². The maximum atomic E-state index is 11.0. The molecule has 0 spiro atoms. The number of pyridine rings is 1. The van der Waals surface area contributed by atoms with E-state index in [4.69, 9.17) is 15.3 Å². The van der Waals surface area contributed by atoms with Gasteiger partial charge in [0.15, 0.2) is 0 Å². The second kappa shape index (κ2) is 5.43. The lowest BCUT2D eigenvalue weighted by Gasteiger charge is -2.05. The molecule has 0 bridgehead atoms. The number of aromatic nitrogens is 1. The number of nitrogen functional groups attached to an aromatic ring is 1. The lowest BCUT2D eigenvalue weighted by molar-refractivity contribution is -0.119. The van der Waals surface area contributed by atoms with Gasteiger partial charge in [0, 0.05) is 19.3 Å². The molecule has 2 rings (SSSR count). The molecule has 7 heteroatoms. The fourth-order valence-corrected chi connectivity index (χ4v) is 1.67. The largest absolute Gasteiger partial charge is 0.478 e. The van der Waals surface area contributed by atoms with Crippen LogP contribution in [0, 0.1) is 0 Å². The highest BCUT2D eigenvalue weighted by atomic mass is 16.4. The fourth-order valence-electron chi connectivity index (χ4n) is 1.67. The van der Waals surface area contributed by atoms with Crippen molar-refractivity contribution >= 4 is 17.6 Å². The van der Waals surface area contributed by atoms with Crippen LogP contribution in [0.4, 0.5) is 5.69 Å². The summed E-state index contributed by atoms with van der Waals surface area (Å²) in [5.74, 6) is -0.382. The summed E-state index contributed by atoms with van der Waals surface area (Å²) in [6, 6.07) is 3.33. The van der Waals surface area contributed by atoms with Crippen LogP contribution in [0.1, 0.15) is 23.0 Å². The van der Waals surface area contributed by atoms with Crippen molar-refractivity contribution in [3.05, 3.63) is 35.9 Å². The van der Waals surface area contributed by atoms with Gasteiger partial charge in [0.1, 0.15) is 17.1 Å². The normalized spacial score (nSPS) is 10.2. The lowest BCUT2D eigenvalue weighted by atomic mass is 10.1. The average molecular weight is 275 g/mol. The van der Waals surface area contributed by atoms with Gasteiger partial charge >= 0.3 is 5.97 Å². The summed E-state index contributed by atoms with van der Waals surface area (Å²) in [7, 11) is 0. The molecule has 4 N–H and O–H groups in total. The zero-order valence-electron chi connectivity index (χ0n) is 10.7. The molecule has 0 aliphatic rings. The summed E-state index contributed by atoms with van der Waals surface area (Å²) in [6.07, 6.45) is 2.62. The molecule has 0 fully saturated rings. The van der Waals surface area contributed by atoms with E-state index >= 15 is 0 Å². The molecule has 2 heterocycles. The van der Waals surface area contributed by atoms with E-state index in [2.05, 4.69) is 10.3 Å². The van der Waals surface area contributed by atoms with Gasteiger partial charge in [-0.25, -0.2) is 4.79 Å². The van der Waals surface area contributed by atoms with Crippen molar-refractivity contribution in [3.8, 4) is 11.3 Å². The Morgan fingerprint density at radius 1 is 1.40 bits per heavy atom. The zero-order chi connectivity index (χ0) is 14.7. The number of hydrogen-bond acceptors (Lipinski definition) is 5. The topological polar surface area (TPSA) is 118 Å². The van der Waals surface area contributed by atoms with E-state index in [0.29, 0.717) is 17.1 Å². The molecular weight excluding hydrogens is 262 g/mol. The molecule has 104 valence electrons. The van der Waals surface area contributed by atoms with Crippen molar-refractivity contribution in [1.82, 2.24) is 10.3 Å². The number of carboxylic acid groups (broad SMARTS) is 1. The lowest BCUT2D eigenvalue weighted by Crippen LogP contribution is -2.18. The number of aromatic carboxylic acids is 1. The monoisotopic (exact) mass is 275 g/mol. The van der Waals surface area contributed by atoms with Crippen LogP contribution >= 0.6 is 0 Å². The van der Waals surface area contributed by atoms with Crippen LogP contribution in [0.25, 0.3) is 11.3 Å². The predicted octanol–water partition coefficient (Wildman–Crippen LogP) is 1.26. The molecule has 7 nitrogen and oxygen atoms in total. The van der Waals surface area contributed by atoms with Crippen molar-refractivity contribution in [1.29, 1.82) is 0 Å². The average Bonchev–Trinajstić information content (AvgIpc) is 2.85. The molecule has 0 saturated carbocycles. The standard InChI is InChI=1S/C13H13N3O4/c1-7(17)16-4-8-2-3-11(20-8)9-5-15-6-10(12(9)14)13(18)19/h2-3,5-6H,4H2,1H3,(H2,14,15)(H,16,17)(H,18,19). The number of nitrogens with two attached hydrogens (primary N) is 1. The molecule has 0 aliphatic heterocycles.